The van der Waals surface area contributed by atoms with E-state index >= 15 is 0 Å². The molecule has 0 amide bonds. The number of imidazole rings is 1. The number of hydrogen-bond acceptors (Lipinski definition) is 3. The molecule has 4 nitrogen and oxygen atoms in total. The average molecular weight is 225 g/mol. The van der Waals surface area contributed by atoms with Crippen molar-refractivity contribution in [3.63, 3.8) is 0 Å². The summed E-state index contributed by atoms with van der Waals surface area (Å²) in [6, 6.07) is 0.228. The number of nitrogens with zero attached hydrogens (tertiary/aromatic N) is 2. The highest BCUT2D eigenvalue weighted by Crippen LogP contribution is 2.02. The van der Waals surface area contributed by atoms with Gasteiger partial charge in [0.05, 0.1) is 12.0 Å². The fraction of sp³-hybridized carbons (Fsp3) is 0.750. The topological polar surface area (TPSA) is 53.1 Å². The molecule has 0 radical (unpaired) electrons. The van der Waals surface area contributed by atoms with E-state index < -0.39 is 0 Å². The van der Waals surface area contributed by atoms with E-state index in [1.165, 1.54) is 0 Å². The molecule has 0 fully saturated rings. The molecule has 92 valence electrons. The number of aromatic nitrogens is 2. The molecule has 4 heteroatoms. The first kappa shape index (κ1) is 13.2. The van der Waals surface area contributed by atoms with Crippen LogP contribution in [0.1, 0.15) is 32.4 Å². The van der Waals surface area contributed by atoms with Gasteiger partial charge in [-0.2, -0.15) is 0 Å². The molecule has 0 aliphatic rings. The van der Waals surface area contributed by atoms with E-state index in [2.05, 4.69) is 22.7 Å². The lowest BCUT2D eigenvalue weighted by atomic mass is 10.1. The predicted molar refractivity (Wildman–Crippen MR) is 65.3 cm³/mol. The highest BCUT2D eigenvalue weighted by Gasteiger charge is 2.04. The van der Waals surface area contributed by atoms with Crippen LogP contribution >= 0.6 is 0 Å². The highest BCUT2D eigenvalue weighted by molar-refractivity contribution is 4.99. The summed E-state index contributed by atoms with van der Waals surface area (Å²) in [5, 5.41) is 0. The Morgan fingerprint density at radius 3 is 3.00 bits per heavy atom. The SMILES string of the molecule is CCOCCCn1cnc(CC(N)CC)c1. The second-order valence-corrected chi connectivity index (χ2v) is 4.03. The van der Waals surface area contributed by atoms with E-state index in [9.17, 15) is 0 Å². The largest absolute Gasteiger partial charge is 0.382 e. The molecule has 1 aromatic heterocycles. The normalized spacial score (nSPS) is 12.9. The van der Waals surface area contributed by atoms with Crippen molar-refractivity contribution < 1.29 is 4.74 Å². The predicted octanol–water partition coefficient (Wildman–Crippen LogP) is 1.59. The lowest BCUT2D eigenvalue weighted by Crippen LogP contribution is -2.21. The van der Waals surface area contributed by atoms with Crippen molar-refractivity contribution in [2.45, 2.75) is 45.7 Å². The summed E-state index contributed by atoms with van der Waals surface area (Å²) in [5.41, 5.74) is 6.97. The van der Waals surface area contributed by atoms with Gasteiger partial charge in [0.25, 0.3) is 0 Å². The van der Waals surface area contributed by atoms with E-state index in [1.54, 1.807) is 0 Å². The molecular weight excluding hydrogens is 202 g/mol. The number of aryl methyl sites for hydroxylation is 1. The summed E-state index contributed by atoms with van der Waals surface area (Å²) >= 11 is 0. The summed E-state index contributed by atoms with van der Waals surface area (Å²) in [4.78, 5) is 4.35. The van der Waals surface area contributed by atoms with Gasteiger partial charge in [0, 0.05) is 38.4 Å². The second kappa shape index (κ2) is 7.41. The van der Waals surface area contributed by atoms with Gasteiger partial charge in [0.2, 0.25) is 0 Å². The Morgan fingerprint density at radius 2 is 2.31 bits per heavy atom. The Bertz CT molecular complexity index is 286. The fourth-order valence-corrected chi connectivity index (χ4v) is 1.54. The minimum Gasteiger partial charge on any atom is -0.382 e. The molecule has 0 saturated carbocycles. The van der Waals surface area contributed by atoms with Gasteiger partial charge < -0.3 is 15.0 Å². The number of rotatable bonds is 8. The third-order valence-electron chi connectivity index (χ3n) is 2.59. The summed E-state index contributed by atoms with van der Waals surface area (Å²) in [6.45, 7) is 6.69. The summed E-state index contributed by atoms with van der Waals surface area (Å²) < 4.78 is 7.40. The maximum atomic E-state index is 5.88. The Hall–Kier alpha value is -0.870. The van der Waals surface area contributed by atoms with Crippen molar-refractivity contribution in [2.24, 2.45) is 5.73 Å². The van der Waals surface area contributed by atoms with Crippen molar-refractivity contribution >= 4 is 0 Å². The molecule has 0 aliphatic carbocycles. The van der Waals surface area contributed by atoms with Crippen LogP contribution in [-0.4, -0.2) is 28.8 Å². The van der Waals surface area contributed by atoms with E-state index in [-0.39, 0.29) is 6.04 Å². The van der Waals surface area contributed by atoms with Crippen molar-refractivity contribution in [1.29, 1.82) is 0 Å². The van der Waals surface area contributed by atoms with Crippen LogP contribution in [-0.2, 0) is 17.7 Å². The molecule has 0 saturated heterocycles. The zero-order valence-corrected chi connectivity index (χ0v) is 10.4. The highest BCUT2D eigenvalue weighted by atomic mass is 16.5. The van der Waals surface area contributed by atoms with Gasteiger partial charge in [-0.15, -0.1) is 0 Å². The van der Waals surface area contributed by atoms with E-state index in [4.69, 9.17) is 10.5 Å². The van der Waals surface area contributed by atoms with Gasteiger partial charge in [0.15, 0.2) is 0 Å². The fourth-order valence-electron chi connectivity index (χ4n) is 1.54. The van der Waals surface area contributed by atoms with E-state index in [1.807, 2.05) is 13.3 Å². The van der Waals surface area contributed by atoms with Gasteiger partial charge in [-0.1, -0.05) is 6.92 Å². The third-order valence-corrected chi connectivity index (χ3v) is 2.59. The van der Waals surface area contributed by atoms with E-state index in [0.717, 1.165) is 44.7 Å². The zero-order valence-electron chi connectivity index (χ0n) is 10.4. The molecule has 1 unspecified atom stereocenters. The van der Waals surface area contributed by atoms with Gasteiger partial charge >= 0.3 is 0 Å². The van der Waals surface area contributed by atoms with Crippen molar-refractivity contribution in [3.05, 3.63) is 18.2 Å². The number of nitrogens with two attached hydrogens (primary N) is 1. The molecule has 1 heterocycles. The third kappa shape index (κ3) is 4.77. The molecule has 1 aromatic rings. The quantitative estimate of drug-likeness (QED) is 0.684. The van der Waals surface area contributed by atoms with Crippen molar-refractivity contribution in [1.82, 2.24) is 9.55 Å². The number of ether oxygens (including phenoxy) is 1. The molecule has 0 aliphatic heterocycles. The first-order valence-corrected chi connectivity index (χ1v) is 6.10. The van der Waals surface area contributed by atoms with Gasteiger partial charge in [-0.25, -0.2) is 4.98 Å². The molecule has 2 N–H and O–H groups in total. The Balaban J connectivity index is 2.28. The zero-order chi connectivity index (χ0) is 11.8. The van der Waals surface area contributed by atoms with Crippen LogP contribution in [0.3, 0.4) is 0 Å². The lowest BCUT2D eigenvalue weighted by Gasteiger charge is -2.05. The van der Waals surface area contributed by atoms with Gasteiger partial charge in [0.1, 0.15) is 0 Å². The Kier molecular flexibility index (Phi) is 6.11. The molecule has 16 heavy (non-hydrogen) atoms. The van der Waals surface area contributed by atoms with Gasteiger partial charge in [-0.3, -0.25) is 0 Å². The Morgan fingerprint density at radius 1 is 1.50 bits per heavy atom. The minimum atomic E-state index is 0.228. The Labute approximate surface area is 97.8 Å². The molecule has 1 atom stereocenters. The monoisotopic (exact) mass is 225 g/mol. The van der Waals surface area contributed by atoms with E-state index in [0.29, 0.717) is 0 Å². The molecule has 1 rings (SSSR count). The maximum Gasteiger partial charge on any atom is 0.0949 e. The van der Waals surface area contributed by atoms with Crippen LogP contribution < -0.4 is 5.73 Å². The first-order chi connectivity index (χ1) is 7.76. The maximum absolute atomic E-state index is 5.88. The second-order valence-electron chi connectivity index (χ2n) is 4.03. The van der Waals surface area contributed by atoms with Crippen LogP contribution in [0.2, 0.25) is 0 Å². The van der Waals surface area contributed by atoms with Crippen LogP contribution in [0.4, 0.5) is 0 Å². The summed E-state index contributed by atoms with van der Waals surface area (Å²) in [6.07, 6.45) is 6.86. The number of hydrogen-bond donors (Lipinski definition) is 1. The van der Waals surface area contributed by atoms with Crippen LogP contribution in [0.5, 0.6) is 0 Å². The average Bonchev–Trinajstić information content (AvgIpc) is 2.72. The molecular formula is C12H23N3O. The van der Waals surface area contributed by atoms with Crippen LogP contribution in [0.25, 0.3) is 0 Å². The molecule has 0 spiro atoms. The summed E-state index contributed by atoms with van der Waals surface area (Å²) in [5.74, 6) is 0. The van der Waals surface area contributed by atoms with Crippen LogP contribution in [0.15, 0.2) is 12.5 Å². The molecule has 0 aromatic carbocycles. The van der Waals surface area contributed by atoms with Crippen molar-refractivity contribution in [3.8, 4) is 0 Å². The van der Waals surface area contributed by atoms with Crippen molar-refractivity contribution in [2.75, 3.05) is 13.2 Å². The molecule has 0 bridgehead atoms. The smallest absolute Gasteiger partial charge is 0.0949 e. The van der Waals surface area contributed by atoms with Gasteiger partial charge in [-0.05, 0) is 19.8 Å². The first-order valence-electron chi connectivity index (χ1n) is 6.10. The summed E-state index contributed by atoms with van der Waals surface area (Å²) in [7, 11) is 0. The standard InChI is InChI=1S/C12H23N3O/c1-3-11(13)8-12-9-15(10-14-12)6-5-7-16-4-2/h9-11H,3-8,13H2,1-2H3. The lowest BCUT2D eigenvalue weighted by molar-refractivity contribution is 0.141. The minimum absolute atomic E-state index is 0.228. The van der Waals surface area contributed by atoms with Crippen LogP contribution in [0, 0.1) is 0 Å².